The number of hydrogen-bond donors (Lipinski definition) is 0. The van der Waals surface area contributed by atoms with Gasteiger partial charge in [0.2, 0.25) is 5.88 Å². The van der Waals surface area contributed by atoms with Crippen LogP contribution >= 0.6 is 23.2 Å². The standard InChI is InChI=1S/C22H15Cl2F3N2O5/c1-32-20(30)14-5-3-4-8-29(18(14)21(31)33-2)13-9-15(23)19(16(24)10-13)34-17-7-6-12(11-28-17)22(25,26)27/h3-11H,1-2H3. The van der Waals surface area contributed by atoms with Gasteiger partial charge >= 0.3 is 18.1 Å². The zero-order valence-electron chi connectivity index (χ0n) is 17.5. The second-order valence-electron chi connectivity index (χ2n) is 6.54. The molecule has 1 aliphatic heterocycles. The number of allylic oxidation sites excluding steroid dienone is 2. The molecule has 12 heteroatoms. The molecule has 0 N–H and O–H groups in total. The number of ether oxygens (including phenoxy) is 3. The molecule has 0 saturated heterocycles. The van der Waals surface area contributed by atoms with Gasteiger partial charge in [0.15, 0.2) is 5.75 Å². The van der Waals surface area contributed by atoms with Crippen molar-refractivity contribution in [3.8, 4) is 11.6 Å². The Balaban J connectivity index is 2.01. The molecule has 0 amide bonds. The molecule has 2 heterocycles. The normalized spacial score (nSPS) is 13.6. The van der Waals surface area contributed by atoms with Gasteiger partial charge in [0.05, 0.1) is 35.4 Å². The highest BCUT2D eigenvalue weighted by Crippen LogP contribution is 2.41. The number of rotatable bonds is 5. The SMILES string of the molecule is COC(=O)C1=C(C(=O)OC)N(c2cc(Cl)c(Oc3ccc(C(F)(F)F)cn3)c(Cl)c2)C=CC=C1. The topological polar surface area (TPSA) is 78.0 Å². The molecule has 0 unspecified atom stereocenters. The van der Waals surface area contributed by atoms with Crippen molar-refractivity contribution in [1.82, 2.24) is 4.98 Å². The molecule has 178 valence electrons. The van der Waals surface area contributed by atoms with Crippen LogP contribution in [-0.4, -0.2) is 31.1 Å². The average molecular weight is 515 g/mol. The smallest absolute Gasteiger partial charge is 0.417 e. The summed E-state index contributed by atoms with van der Waals surface area (Å²) in [6.45, 7) is 0. The van der Waals surface area contributed by atoms with Crippen molar-refractivity contribution in [1.29, 1.82) is 0 Å². The zero-order valence-corrected chi connectivity index (χ0v) is 19.0. The Bertz CT molecular complexity index is 1190. The fraction of sp³-hybridized carbons (Fsp3) is 0.136. The summed E-state index contributed by atoms with van der Waals surface area (Å²) < 4.78 is 53.3. The highest BCUT2D eigenvalue weighted by molar-refractivity contribution is 6.37. The molecular weight excluding hydrogens is 500 g/mol. The number of alkyl halides is 3. The van der Waals surface area contributed by atoms with Gasteiger partial charge in [-0.25, -0.2) is 14.6 Å². The van der Waals surface area contributed by atoms with E-state index in [1.54, 1.807) is 6.08 Å². The Morgan fingerprint density at radius 2 is 1.65 bits per heavy atom. The summed E-state index contributed by atoms with van der Waals surface area (Å²) in [7, 11) is 2.31. The van der Waals surface area contributed by atoms with Gasteiger partial charge in [-0.05, 0) is 30.4 Å². The minimum absolute atomic E-state index is 0.0429. The van der Waals surface area contributed by atoms with Gasteiger partial charge in [-0.15, -0.1) is 0 Å². The number of carbonyl (C=O) groups is 2. The number of halogens is 5. The van der Waals surface area contributed by atoms with E-state index in [9.17, 15) is 22.8 Å². The number of aromatic nitrogens is 1. The van der Waals surface area contributed by atoms with Crippen LogP contribution in [0.1, 0.15) is 5.56 Å². The van der Waals surface area contributed by atoms with Gasteiger partial charge in [-0.1, -0.05) is 29.3 Å². The Kier molecular flexibility index (Phi) is 7.53. The van der Waals surface area contributed by atoms with Crippen molar-refractivity contribution in [2.75, 3.05) is 19.1 Å². The minimum Gasteiger partial charge on any atom is -0.465 e. The predicted octanol–water partition coefficient (Wildman–Crippen LogP) is 5.69. The first-order chi connectivity index (χ1) is 16.1. The summed E-state index contributed by atoms with van der Waals surface area (Å²) >= 11 is 12.7. The molecule has 1 aromatic heterocycles. The van der Waals surface area contributed by atoms with Gasteiger partial charge in [-0.2, -0.15) is 13.2 Å². The van der Waals surface area contributed by atoms with E-state index in [0.29, 0.717) is 6.20 Å². The number of benzene rings is 1. The highest BCUT2D eigenvalue weighted by atomic mass is 35.5. The molecule has 0 saturated carbocycles. The Morgan fingerprint density at radius 1 is 1.00 bits per heavy atom. The van der Waals surface area contributed by atoms with Crippen molar-refractivity contribution >= 4 is 40.8 Å². The Labute approximate surface area is 201 Å². The molecular formula is C22H15Cl2F3N2O5. The van der Waals surface area contributed by atoms with Crippen LogP contribution in [0, 0.1) is 0 Å². The van der Waals surface area contributed by atoms with Gasteiger partial charge in [0.1, 0.15) is 5.70 Å². The number of anilines is 1. The molecule has 0 fully saturated rings. The number of hydrogen-bond acceptors (Lipinski definition) is 7. The van der Waals surface area contributed by atoms with E-state index in [1.165, 1.54) is 35.4 Å². The zero-order chi connectivity index (χ0) is 25.0. The van der Waals surface area contributed by atoms with Crippen LogP contribution in [0.5, 0.6) is 11.6 Å². The Hall–Kier alpha value is -3.50. The fourth-order valence-corrected chi connectivity index (χ4v) is 3.41. The van der Waals surface area contributed by atoms with E-state index < -0.39 is 23.7 Å². The average Bonchev–Trinajstić information content (AvgIpc) is 3.03. The molecule has 0 bridgehead atoms. The third-order valence-corrected chi connectivity index (χ3v) is 4.98. The van der Waals surface area contributed by atoms with Crippen LogP contribution in [0.15, 0.2) is 66.2 Å². The van der Waals surface area contributed by atoms with E-state index >= 15 is 0 Å². The van der Waals surface area contributed by atoms with Gasteiger partial charge in [0, 0.05) is 24.2 Å². The molecule has 34 heavy (non-hydrogen) atoms. The van der Waals surface area contributed by atoms with Crippen LogP contribution in [0.25, 0.3) is 0 Å². The summed E-state index contributed by atoms with van der Waals surface area (Å²) in [5.74, 6) is -1.87. The molecule has 0 radical (unpaired) electrons. The fourth-order valence-electron chi connectivity index (χ4n) is 2.86. The van der Waals surface area contributed by atoms with Gasteiger partial charge < -0.3 is 19.1 Å². The summed E-state index contributed by atoms with van der Waals surface area (Å²) in [5.41, 5.74) is -0.938. The number of nitrogens with zero attached hydrogens (tertiary/aromatic N) is 2. The number of carbonyl (C=O) groups excluding carboxylic acids is 2. The number of esters is 2. The summed E-state index contributed by atoms with van der Waals surface area (Å²) in [6.07, 6.45) is 1.99. The van der Waals surface area contributed by atoms with Crippen LogP contribution in [0.3, 0.4) is 0 Å². The molecule has 0 atom stereocenters. The molecule has 3 rings (SSSR count). The molecule has 1 aromatic carbocycles. The van der Waals surface area contributed by atoms with Crippen LogP contribution in [-0.2, 0) is 25.2 Å². The van der Waals surface area contributed by atoms with Crippen molar-refractivity contribution in [3.05, 3.63) is 81.8 Å². The molecule has 0 spiro atoms. The van der Waals surface area contributed by atoms with E-state index in [0.717, 1.165) is 26.4 Å². The maximum absolute atomic E-state index is 12.7. The Morgan fingerprint density at radius 3 is 2.18 bits per heavy atom. The van der Waals surface area contributed by atoms with Crippen molar-refractivity contribution in [3.63, 3.8) is 0 Å². The van der Waals surface area contributed by atoms with Crippen molar-refractivity contribution in [2.45, 2.75) is 6.18 Å². The first-order valence-electron chi connectivity index (χ1n) is 9.32. The molecule has 0 aliphatic carbocycles. The third-order valence-electron chi connectivity index (χ3n) is 4.42. The first kappa shape index (κ1) is 25.1. The van der Waals surface area contributed by atoms with Gasteiger partial charge in [-0.3, -0.25) is 0 Å². The third kappa shape index (κ3) is 5.35. The van der Waals surface area contributed by atoms with Crippen LogP contribution < -0.4 is 9.64 Å². The lowest BCUT2D eigenvalue weighted by atomic mass is 10.1. The second-order valence-corrected chi connectivity index (χ2v) is 7.35. The lowest BCUT2D eigenvalue weighted by Crippen LogP contribution is -2.27. The molecule has 7 nitrogen and oxygen atoms in total. The van der Waals surface area contributed by atoms with E-state index in [1.807, 2.05) is 0 Å². The molecule has 2 aromatic rings. The van der Waals surface area contributed by atoms with Crippen LogP contribution in [0.2, 0.25) is 10.0 Å². The second kappa shape index (κ2) is 10.2. The summed E-state index contributed by atoms with van der Waals surface area (Å²) in [5, 5.41) is -0.0859. The lowest BCUT2D eigenvalue weighted by molar-refractivity contribution is -0.139. The first-order valence-corrected chi connectivity index (χ1v) is 10.1. The van der Waals surface area contributed by atoms with Gasteiger partial charge in [0.25, 0.3) is 0 Å². The van der Waals surface area contributed by atoms with E-state index in [2.05, 4.69) is 4.98 Å². The lowest BCUT2D eigenvalue weighted by Gasteiger charge is -2.24. The quantitative estimate of drug-likeness (QED) is 0.474. The maximum Gasteiger partial charge on any atom is 0.417 e. The highest BCUT2D eigenvalue weighted by Gasteiger charge is 2.31. The maximum atomic E-state index is 12.7. The minimum atomic E-state index is -4.55. The number of methoxy groups -OCH3 is 2. The van der Waals surface area contributed by atoms with E-state index in [-0.39, 0.29) is 38.6 Å². The number of pyridine rings is 1. The monoisotopic (exact) mass is 514 g/mol. The van der Waals surface area contributed by atoms with E-state index in [4.69, 9.17) is 37.4 Å². The molecule has 1 aliphatic rings. The van der Waals surface area contributed by atoms with Crippen LogP contribution in [0.4, 0.5) is 18.9 Å². The largest absolute Gasteiger partial charge is 0.465 e. The summed E-state index contributed by atoms with van der Waals surface area (Å²) in [6, 6.07) is 4.57. The van der Waals surface area contributed by atoms with Crippen molar-refractivity contribution < 1.29 is 37.0 Å². The predicted molar refractivity (Wildman–Crippen MR) is 118 cm³/mol. The summed E-state index contributed by atoms with van der Waals surface area (Å²) in [4.78, 5) is 29.7. The van der Waals surface area contributed by atoms with Crippen molar-refractivity contribution in [2.24, 2.45) is 0 Å².